The molecule has 2 aliphatic heterocycles. The Kier molecular flexibility index (Phi) is 5.21. The number of hydrogen-bond acceptors (Lipinski definition) is 3. The molecule has 2 fully saturated rings. The molecule has 4 nitrogen and oxygen atoms in total. The first-order chi connectivity index (χ1) is 11.3. The summed E-state index contributed by atoms with van der Waals surface area (Å²) in [6.45, 7) is 6.13. The lowest BCUT2D eigenvalue weighted by molar-refractivity contribution is -0.125. The lowest BCUT2D eigenvalue weighted by Crippen LogP contribution is -2.56. The molecule has 1 aromatic rings. The van der Waals surface area contributed by atoms with Crippen LogP contribution in [-0.4, -0.2) is 42.6 Å². The minimum absolute atomic E-state index is 0.215. The number of nitrogens with one attached hydrogen (secondary N) is 1. The molecule has 0 bridgehead atoms. The highest BCUT2D eigenvalue weighted by atomic mass is 16.2. The van der Waals surface area contributed by atoms with Crippen molar-refractivity contribution in [3.05, 3.63) is 30.3 Å². The molecule has 0 radical (unpaired) electrons. The number of benzene rings is 1. The van der Waals surface area contributed by atoms with Crippen LogP contribution in [0.3, 0.4) is 0 Å². The second-order valence-electron chi connectivity index (χ2n) is 6.86. The standard InChI is InChI=1S/C19H29N3O/c1-2-3-4-8-13-21-14-11-19(12-15-21)18(23)20-16-22(19)17-9-6-5-7-10-17/h5-7,9-10H,2-4,8,11-16H2,1H3,(H,20,23). The van der Waals surface area contributed by atoms with E-state index in [-0.39, 0.29) is 11.4 Å². The maximum absolute atomic E-state index is 12.6. The van der Waals surface area contributed by atoms with Crippen LogP contribution in [0.5, 0.6) is 0 Å². The van der Waals surface area contributed by atoms with Gasteiger partial charge < -0.3 is 15.1 Å². The van der Waals surface area contributed by atoms with Gasteiger partial charge in [-0.3, -0.25) is 4.79 Å². The lowest BCUT2D eigenvalue weighted by atomic mass is 9.85. The average molecular weight is 315 g/mol. The highest BCUT2D eigenvalue weighted by molar-refractivity contribution is 5.93. The fraction of sp³-hybridized carbons (Fsp3) is 0.632. The molecule has 2 saturated heterocycles. The molecular weight excluding hydrogens is 286 g/mol. The molecule has 4 heteroatoms. The fourth-order valence-corrected chi connectivity index (χ4v) is 3.94. The Bertz CT molecular complexity index is 509. The van der Waals surface area contributed by atoms with Crippen LogP contribution in [0.25, 0.3) is 0 Å². The lowest BCUT2D eigenvalue weighted by Gasteiger charge is -2.43. The topological polar surface area (TPSA) is 35.6 Å². The monoisotopic (exact) mass is 315 g/mol. The molecule has 0 saturated carbocycles. The zero-order valence-electron chi connectivity index (χ0n) is 14.3. The number of piperidine rings is 1. The van der Waals surface area contributed by atoms with Gasteiger partial charge in [0.2, 0.25) is 5.91 Å². The Hall–Kier alpha value is -1.55. The SMILES string of the molecule is CCCCCCN1CCC2(CC1)C(=O)NCN2c1ccccc1. The van der Waals surface area contributed by atoms with E-state index < -0.39 is 0 Å². The summed E-state index contributed by atoms with van der Waals surface area (Å²) in [5, 5.41) is 3.07. The molecule has 3 rings (SSSR count). The number of unbranched alkanes of at least 4 members (excludes halogenated alkanes) is 3. The van der Waals surface area contributed by atoms with E-state index in [4.69, 9.17) is 0 Å². The minimum atomic E-state index is -0.332. The Labute approximate surface area is 139 Å². The third-order valence-electron chi connectivity index (χ3n) is 5.42. The number of carbonyl (C=O) groups is 1. The van der Waals surface area contributed by atoms with E-state index in [1.54, 1.807) is 0 Å². The van der Waals surface area contributed by atoms with Crippen LogP contribution >= 0.6 is 0 Å². The summed E-state index contributed by atoms with van der Waals surface area (Å²) in [6, 6.07) is 10.3. The van der Waals surface area contributed by atoms with Crippen LogP contribution < -0.4 is 10.2 Å². The molecule has 23 heavy (non-hydrogen) atoms. The van der Waals surface area contributed by atoms with Crippen molar-refractivity contribution in [2.45, 2.75) is 51.0 Å². The van der Waals surface area contributed by atoms with Crippen LogP contribution in [0.15, 0.2) is 30.3 Å². The average Bonchev–Trinajstić information content (AvgIpc) is 2.91. The van der Waals surface area contributed by atoms with Gasteiger partial charge in [-0.2, -0.15) is 0 Å². The summed E-state index contributed by atoms with van der Waals surface area (Å²) in [4.78, 5) is 17.4. The van der Waals surface area contributed by atoms with Gasteiger partial charge in [0.25, 0.3) is 0 Å². The van der Waals surface area contributed by atoms with Gasteiger partial charge in [0.15, 0.2) is 0 Å². The third kappa shape index (κ3) is 3.37. The molecule has 0 unspecified atom stereocenters. The van der Waals surface area contributed by atoms with E-state index in [0.29, 0.717) is 6.67 Å². The molecule has 1 spiro atoms. The van der Waals surface area contributed by atoms with Crippen molar-refractivity contribution in [3.63, 3.8) is 0 Å². The maximum Gasteiger partial charge on any atom is 0.247 e. The van der Waals surface area contributed by atoms with E-state index >= 15 is 0 Å². The first-order valence-corrected chi connectivity index (χ1v) is 9.09. The van der Waals surface area contributed by atoms with Crippen molar-refractivity contribution in [1.82, 2.24) is 10.2 Å². The first-order valence-electron chi connectivity index (χ1n) is 9.09. The van der Waals surface area contributed by atoms with Crippen LogP contribution in [0.1, 0.15) is 45.4 Å². The Balaban J connectivity index is 1.62. The van der Waals surface area contributed by atoms with E-state index in [0.717, 1.165) is 31.6 Å². The quantitative estimate of drug-likeness (QED) is 0.820. The number of hydrogen-bond donors (Lipinski definition) is 1. The minimum Gasteiger partial charge on any atom is -0.339 e. The van der Waals surface area contributed by atoms with Gasteiger partial charge in [0, 0.05) is 18.8 Å². The van der Waals surface area contributed by atoms with Crippen LogP contribution in [0, 0.1) is 0 Å². The van der Waals surface area contributed by atoms with Crippen molar-refractivity contribution in [2.24, 2.45) is 0 Å². The van der Waals surface area contributed by atoms with E-state index in [2.05, 4.69) is 46.3 Å². The van der Waals surface area contributed by atoms with Gasteiger partial charge in [-0.15, -0.1) is 0 Å². The van der Waals surface area contributed by atoms with Crippen molar-refractivity contribution in [2.75, 3.05) is 31.2 Å². The number of nitrogens with zero attached hydrogens (tertiary/aromatic N) is 2. The summed E-state index contributed by atoms with van der Waals surface area (Å²) in [5.41, 5.74) is 0.823. The summed E-state index contributed by atoms with van der Waals surface area (Å²) < 4.78 is 0. The van der Waals surface area contributed by atoms with Gasteiger partial charge in [0.1, 0.15) is 5.54 Å². The number of amides is 1. The second-order valence-corrected chi connectivity index (χ2v) is 6.86. The third-order valence-corrected chi connectivity index (χ3v) is 5.42. The van der Waals surface area contributed by atoms with Crippen molar-refractivity contribution < 1.29 is 4.79 Å². The summed E-state index contributed by atoms with van der Waals surface area (Å²) in [6.07, 6.45) is 7.10. The maximum atomic E-state index is 12.6. The van der Waals surface area contributed by atoms with Gasteiger partial charge in [-0.1, -0.05) is 44.4 Å². The molecule has 0 atom stereocenters. The summed E-state index contributed by atoms with van der Waals surface area (Å²) in [5.74, 6) is 0.215. The zero-order chi connectivity index (χ0) is 16.1. The first kappa shape index (κ1) is 16.3. The fourth-order valence-electron chi connectivity index (χ4n) is 3.94. The van der Waals surface area contributed by atoms with Crippen LogP contribution in [0.2, 0.25) is 0 Å². The molecule has 1 aromatic carbocycles. The van der Waals surface area contributed by atoms with E-state index in [1.165, 1.54) is 32.2 Å². The normalized spacial score (nSPS) is 20.9. The molecular formula is C19H29N3O. The highest BCUT2D eigenvalue weighted by Gasteiger charge is 2.50. The number of carbonyl (C=O) groups excluding carboxylic acids is 1. The predicted octanol–water partition coefficient (Wildman–Crippen LogP) is 3.00. The molecule has 2 heterocycles. The number of rotatable bonds is 6. The van der Waals surface area contributed by atoms with E-state index in [1.807, 2.05) is 6.07 Å². The van der Waals surface area contributed by atoms with Gasteiger partial charge in [0.05, 0.1) is 6.67 Å². The molecule has 1 amide bonds. The summed E-state index contributed by atoms with van der Waals surface area (Å²) in [7, 11) is 0. The predicted molar refractivity (Wildman–Crippen MR) is 94.5 cm³/mol. The number of para-hydroxylation sites is 1. The van der Waals surface area contributed by atoms with Gasteiger partial charge in [-0.25, -0.2) is 0 Å². The van der Waals surface area contributed by atoms with Crippen LogP contribution in [-0.2, 0) is 4.79 Å². The molecule has 2 aliphatic rings. The Morgan fingerprint density at radius 1 is 1.09 bits per heavy atom. The smallest absolute Gasteiger partial charge is 0.247 e. The number of likely N-dealkylation sites (tertiary alicyclic amines) is 1. The number of anilines is 1. The highest BCUT2D eigenvalue weighted by Crippen LogP contribution is 2.36. The second kappa shape index (κ2) is 7.35. The Morgan fingerprint density at radius 3 is 2.52 bits per heavy atom. The van der Waals surface area contributed by atoms with Gasteiger partial charge >= 0.3 is 0 Å². The summed E-state index contributed by atoms with van der Waals surface area (Å²) >= 11 is 0. The molecule has 0 aliphatic carbocycles. The van der Waals surface area contributed by atoms with E-state index in [9.17, 15) is 4.79 Å². The molecule has 126 valence electrons. The van der Waals surface area contributed by atoms with Crippen molar-refractivity contribution >= 4 is 11.6 Å². The molecule has 0 aromatic heterocycles. The largest absolute Gasteiger partial charge is 0.339 e. The van der Waals surface area contributed by atoms with Gasteiger partial charge in [-0.05, 0) is 37.9 Å². The van der Waals surface area contributed by atoms with Crippen LogP contribution in [0.4, 0.5) is 5.69 Å². The van der Waals surface area contributed by atoms with Crippen molar-refractivity contribution in [1.29, 1.82) is 0 Å². The van der Waals surface area contributed by atoms with Crippen molar-refractivity contribution in [3.8, 4) is 0 Å². The Morgan fingerprint density at radius 2 is 1.83 bits per heavy atom. The molecule has 1 N–H and O–H groups in total. The zero-order valence-corrected chi connectivity index (χ0v) is 14.3.